The first-order chi connectivity index (χ1) is 7.74. The Balaban J connectivity index is 2.64. The molecule has 1 aromatic heterocycles. The maximum atomic E-state index is 12.2. The van der Waals surface area contributed by atoms with Gasteiger partial charge in [-0.2, -0.15) is 13.2 Å². The van der Waals surface area contributed by atoms with Gasteiger partial charge in [0.25, 0.3) is 0 Å². The molecule has 2 N–H and O–H groups in total. The summed E-state index contributed by atoms with van der Waals surface area (Å²) >= 11 is 0. The quantitative estimate of drug-likeness (QED) is 0.861. The van der Waals surface area contributed by atoms with Crippen molar-refractivity contribution in [2.24, 2.45) is 0 Å². The van der Waals surface area contributed by atoms with E-state index in [0.717, 1.165) is 12.3 Å². The Morgan fingerprint density at radius 2 is 2.00 bits per heavy atom. The molecule has 0 aliphatic rings. The van der Waals surface area contributed by atoms with Gasteiger partial charge in [0.15, 0.2) is 0 Å². The molecule has 0 fully saturated rings. The van der Waals surface area contributed by atoms with Crippen molar-refractivity contribution in [1.82, 2.24) is 4.98 Å². The predicted molar refractivity (Wildman–Crippen MR) is 58.6 cm³/mol. The molecule has 6 heteroatoms. The number of pyridine rings is 1. The molecule has 1 atom stereocenters. The van der Waals surface area contributed by atoms with Crippen LogP contribution < -0.4 is 5.32 Å². The van der Waals surface area contributed by atoms with Crippen molar-refractivity contribution in [2.45, 2.75) is 32.0 Å². The number of aromatic nitrogens is 1. The Hall–Kier alpha value is -1.30. The zero-order valence-electron chi connectivity index (χ0n) is 9.67. The number of aliphatic hydroxyl groups is 1. The maximum absolute atomic E-state index is 12.2. The highest BCUT2D eigenvalue weighted by Crippen LogP contribution is 2.28. The van der Waals surface area contributed by atoms with Crippen molar-refractivity contribution >= 4 is 5.82 Å². The number of hydrogen-bond donors (Lipinski definition) is 2. The Morgan fingerprint density at radius 3 is 2.41 bits per heavy atom. The second-order valence-corrected chi connectivity index (χ2v) is 4.13. The minimum Gasteiger partial charge on any atom is -0.388 e. The molecule has 0 aromatic carbocycles. The Kier molecular flexibility index (Phi) is 3.98. The van der Waals surface area contributed by atoms with Gasteiger partial charge in [-0.05, 0) is 25.5 Å². The molecule has 0 amide bonds. The lowest BCUT2D eigenvalue weighted by atomic mass is 10.0. The van der Waals surface area contributed by atoms with Gasteiger partial charge >= 0.3 is 6.18 Å². The number of hydrogen-bond acceptors (Lipinski definition) is 3. The van der Waals surface area contributed by atoms with Gasteiger partial charge in [0.1, 0.15) is 5.82 Å². The van der Waals surface area contributed by atoms with Gasteiger partial charge in [0.05, 0.1) is 11.2 Å². The summed E-state index contributed by atoms with van der Waals surface area (Å²) in [5.41, 5.74) is -1.69. The van der Waals surface area contributed by atoms with Crippen LogP contribution in [0, 0.1) is 0 Å². The monoisotopic (exact) mass is 248 g/mol. The summed E-state index contributed by atoms with van der Waals surface area (Å²) in [5, 5.41) is 12.5. The molecule has 96 valence electrons. The highest BCUT2D eigenvalue weighted by molar-refractivity contribution is 5.36. The summed E-state index contributed by atoms with van der Waals surface area (Å²) in [6.45, 7) is 3.70. The summed E-state index contributed by atoms with van der Waals surface area (Å²) in [5.74, 6) is 0.312. The van der Waals surface area contributed by atoms with Gasteiger partial charge in [-0.15, -0.1) is 0 Å². The van der Waals surface area contributed by atoms with E-state index in [1.165, 1.54) is 6.07 Å². The van der Waals surface area contributed by atoms with E-state index in [2.05, 4.69) is 10.3 Å². The average molecular weight is 248 g/mol. The van der Waals surface area contributed by atoms with Crippen LogP contribution in [0.5, 0.6) is 0 Å². The van der Waals surface area contributed by atoms with E-state index < -0.39 is 17.3 Å². The first-order valence-electron chi connectivity index (χ1n) is 5.24. The van der Waals surface area contributed by atoms with Crippen molar-refractivity contribution in [1.29, 1.82) is 0 Å². The van der Waals surface area contributed by atoms with Crippen LogP contribution in [0.25, 0.3) is 0 Å². The molecule has 0 spiro atoms. The summed E-state index contributed by atoms with van der Waals surface area (Å²) < 4.78 is 36.7. The zero-order chi connectivity index (χ0) is 13.1. The third kappa shape index (κ3) is 4.22. The largest absolute Gasteiger partial charge is 0.417 e. The maximum Gasteiger partial charge on any atom is 0.417 e. The molecule has 1 unspecified atom stereocenters. The van der Waals surface area contributed by atoms with Gasteiger partial charge in [-0.3, -0.25) is 0 Å². The summed E-state index contributed by atoms with van der Waals surface area (Å²) in [7, 11) is 0. The summed E-state index contributed by atoms with van der Waals surface area (Å²) in [6, 6.07) is 2.20. The van der Waals surface area contributed by atoms with E-state index in [0.29, 0.717) is 12.2 Å². The van der Waals surface area contributed by atoms with Crippen molar-refractivity contribution in [2.75, 3.05) is 11.9 Å². The molecule has 1 rings (SSSR count). The molecule has 1 heterocycles. The first-order valence-corrected chi connectivity index (χ1v) is 5.24. The van der Waals surface area contributed by atoms with Crippen molar-refractivity contribution in [3.05, 3.63) is 23.9 Å². The van der Waals surface area contributed by atoms with Crippen LogP contribution in [0.1, 0.15) is 25.8 Å². The Labute approximate surface area is 97.7 Å². The summed E-state index contributed by atoms with van der Waals surface area (Å²) in [6.07, 6.45) is -3.07. The van der Waals surface area contributed by atoms with Crippen LogP contribution in [0.15, 0.2) is 18.3 Å². The predicted octanol–water partition coefficient (Wildman–Crippen LogP) is 2.67. The Bertz CT molecular complexity index is 360. The number of halogens is 3. The van der Waals surface area contributed by atoms with Crippen LogP contribution in [0.4, 0.5) is 19.0 Å². The molecule has 0 radical (unpaired) electrons. The molecule has 17 heavy (non-hydrogen) atoms. The smallest absolute Gasteiger partial charge is 0.388 e. The second-order valence-electron chi connectivity index (χ2n) is 4.13. The zero-order valence-corrected chi connectivity index (χ0v) is 9.67. The molecule has 1 aromatic rings. The SMILES string of the molecule is CCC(C)(O)CNc1ccc(C(F)(F)F)cn1. The molecule has 0 saturated carbocycles. The van der Waals surface area contributed by atoms with Crippen LogP contribution in [0.2, 0.25) is 0 Å². The number of rotatable bonds is 4. The van der Waals surface area contributed by atoms with Crippen molar-refractivity contribution in [3.63, 3.8) is 0 Å². The van der Waals surface area contributed by atoms with Gasteiger partial charge < -0.3 is 10.4 Å². The fourth-order valence-electron chi connectivity index (χ4n) is 1.07. The second kappa shape index (κ2) is 4.91. The third-order valence-corrected chi connectivity index (χ3v) is 2.50. The molecular formula is C11H15F3N2O. The highest BCUT2D eigenvalue weighted by Gasteiger charge is 2.30. The van der Waals surface area contributed by atoms with Crippen LogP contribution >= 0.6 is 0 Å². The van der Waals surface area contributed by atoms with Crippen LogP contribution in [0.3, 0.4) is 0 Å². The lowest BCUT2D eigenvalue weighted by Crippen LogP contribution is -2.32. The van der Waals surface area contributed by atoms with Crippen LogP contribution in [-0.2, 0) is 6.18 Å². The van der Waals surface area contributed by atoms with Gasteiger partial charge in [-0.25, -0.2) is 4.98 Å². The van der Waals surface area contributed by atoms with Crippen molar-refractivity contribution in [3.8, 4) is 0 Å². The minimum atomic E-state index is -4.37. The van der Waals surface area contributed by atoms with E-state index >= 15 is 0 Å². The normalized spacial score (nSPS) is 15.4. The van der Waals surface area contributed by atoms with Gasteiger partial charge in [0.2, 0.25) is 0 Å². The average Bonchev–Trinajstić information content (AvgIpc) is 2.26. The van der Waals surface area contributed by atoms with Crippen molar-refractivity contribution < 1.29 is 18.3 Å². The number of nitrogens with zero attached hydrogens (tertiary/aromatic N) is 1. The fraction of sp³-hybridized carbons (Fsp3) is 0.545. The Morgan fingerprint density at radius 1 is 1.35 bits per heavy atom. The van der Waals surface area contributed by atoms with Gasteiger partial charge in [-0.1, -0.05) is 6.92 Å². The standard InChI is InChI=1S/C11H15F3N2O/c1-3-10(2,17)7-16-9-5-4-8(6-15-9)11(12,13)14/h4-6,17H,3,7H2,1-2H3,(H,15,16). The number of anilines is 1. The molecular weight excluding hydrogens is 233 g/mol. The minimum absolute atomic E-state index is 0.238. The van der Waals surface area contributed by atoms with E-state index in [-0.39, 0.29) is 6.54 Å². The van der Waals surface area contributed by atoms with E-state index in [9.17, 15) is 18.3 Å². The molecule has 0 aliphatic carbocycles. The van der Waals surface area contributed by atoms with E-state index in [4.69, 9.17) is 0 Å². The first kappa shape index (κ1) is 13.8. The molecule has 3 nitrogen and oxygen atoms in total. The topological polar surface area (TPSA) is 45.1 Å². The molecule has 0 aliphatic heterocycles. The third-order valence-electron chi connectivity index (χ3n) is 2.50. The number of nitrogens with one attached hydrogen (secondary N) is 1. The lowest BCUT2D eigenvalue weighted by molar-refractivity contribution is -0.137. The summed E-state index contributed by atoms with van der Waals surface area (Å²) in [4.78, 5) is 3.64. The lowest BCUT2D eigenvalue weighted by Gasteiger charge is -2.21. The number of alkyl halides is 3. The van der Waals surface area contributed by atoms with E-state index in [1.807, 2.05) is 6.92 Å². The molecule has 0 bridgehead atoms. The highest BCUT2D eigenvalue weighted by atomic mass is 19.4. The molecule has 0 saturated heterocycles. The van der Waals surface area contributed by atoms with Gasteiger partial charge in [0, 0.05) is 12.7 Å². The van der Waals surface area contributed by atoms with E-state index in [1.54, 1.807) is 6.92 Å². The fourth-order valence-corrected chi connectivity index (χ4v) is 1.07. The van der Waals surface area contributed by atoms with Crippen LogP contribution in [-0.4, -0.2) is 22.2 Å².